The molecule has 0 radical (unpaired) electrons. The van der Waals surface area contributed by atoms with Gasteiger partial charge in [-0.15, -0.1) is 0 Å². The van der Waals surface area contributed by atoms with Crippen LogP contribution in [0, 0.1) is 0 Å². The fourth-order valence-corrected chi connectivity index (χ4v) is 9.88. The van der Waals surface area contributed by atoms with Gasteiger partial charge in [0.2, 0.25) is 0 Å². The summed E-state index contributed by atoms with van der Waals surface area (Å²) in [4.78, 5) is 24.5. The van der Waals surface area contributed by atoms with Crippen molar-refractivity contribution in [3.63, 3.8) is 0 Å². The van der Waals surface area contributed by atoms with Crippen LogP contribution in [0.4, 0.5) is 0 Å². The van der Waals surface area contributed by atoms with Crippen LogP contribution in [0.5, 0.6) is 0 Å². The van der Waals surface area contributed by atoms with E-state index in [0.717, 1.165) is 38.5 Å². The maximum atomic E-state index is 12.3. The molecule has 8 heteroatoms. The minimum atomic E-state index is -0.310. The molecule has 0 aromatic rings. The van der Waals surface area contributed by atoms with Crippen LogP contribution in [0.1, 0.15) is 108 Å². The highest BCUT2D eigenvalue weighted by atomic mass is 33.1. The van der Waals surface area contributed by atoms with Crippen molar-refractivity contribution >= 4 is 33.9 Å². The van der Waals surface area contributed by atoms with E-state index >= 15 is 0 Å². The molecule has 0 aromatic carbocycles. The Labute approximate surface area is 227 Å². The van der Waals surface area contributed by atoms with E-state index in [1.165, 1.54) is 0 Å². The minimum absolute atomic E-state index is 0.127. The van der Waals surface area contributed by atoms with Gasteiger partial charge in [-0.25, -0.2) is 18.2 Å². The Bertz CT molecular complexity index is 836. The van der Waals surface area contributed by atoms with Gasteiger partial charge in [-0.05, 0) is 68.2 Å². The molecular weight excluding hydrogens is 492 g/mol. The lowest BCUT2D eigenvalue weighted by Crippen LogP contribution is -2.62. The van der Waals surface area contributed by atoms with Gasteiger partial charge < -0.3 is 9.47 Å². The summed E-state index contributed by atoms with van der Waals surface area (Å²) in [6.07, 6.45) is 4.73. The number of carbonyl (C=O) groups is 2. The SMILES string of the molecule is C=C(C)C(=O)OC1CC(C)(C)N(SSN2C(C)(CC)CC(OC(=O)C(=C)C)CC2(C)CC)C(C)(C)C1. The summed E-state index contributed by atoms with van der Waals surface area (Å²) >= 11 is 0. The van der Waals surface area contributed by atoms with Crippen molar-refractivity contribution in [1.29, 1.82) is 0 Å². The van der Waals surface area contributed by atoms with E-state index in [0.29, 0.717) is 11.1 Å². The van der Waals surface area contributed by atoms with Gasteiger partial charge in [-0.2, -0.15) is 0 Å². The number of piperidine rings is 2. The molecule has 0 N–H and O–H groups in total. The van der Waals surface area contributed by atoms with Gasteiger partial charge in [0.1, 0.15) is 12.2 Å². The maximum Gasteiger partial charge on any atom is 0.333 e. The van der Waals surface area contributed by atoms with E-state index < -0.39 is 0 Å². The second-order valence-corrected chi connectivity index (χ2v) is 14.4. The summed E-state index contributed by atoms with van der Waals surface area (Å²) in [5.41, 5.74) is 0.253. The van der Waals surface area contributed by atoms with Gasteiger partial charge >= 0.3 is 11.9 Å². The largest absolute Gasteiger partial charge is 0.459 e. The van der Waals surface area contributed by atoms with E-state index in [1.807, 2.05) is 11.0 Å². The van der Waals surface area contributed by atoms with Crippen LogP contribution in [0.25, 0.3) is 0 Å². The number of carbonyl (C=O) groups excluding carboxylic acids is 2. The van der Waals surface area contributed by atoms with Crippen LogP contribution < -0.4 is 0 Å². The lowest BCUT2D eigenvalue weighted by Gasteiger charge is -2.58. The molecule has 206 valence electrons. The second kappa shape index (κ2) is 11.4. The Morgan fingerprint density at radius 2 is 1.06 bits per heavy atom. The van der Waals surface area contributed by atoms with Gasteiger partial charge in [0.05, 0.1) is 0 Å². The van der Waals surface area contributed by atoms with Crippen LogP contribution in [0.15, 0.2) is 24.3 Å². The van der Waals surface area contributed by atoms with Gasteiger partial charge in [-0.3, -0.25) is 0 Å². The Balaban J connectivity index is 2.23. The first kappa shape index (κ1) is 31.3. The quantitative estimate of drug-likeness (QED) is 0.131. The average Bonchev–Trinajstić information content (AvgIpc) is 2.73. The van der Waals surface area contributed by atoms with E-state index in [9.17, 15) is 9.59 Å². The second-order valence-electron chi connectivity index (χ2n) is 12.5. The first-order chi connectivity index (χ1) is 16.4. The Hall–Kier alpha value is -0.960. The van der Waals surface area contributed by atoms with Crippen molar-refractivity contribution in [3.05, 3.63) is 24.3 Å². The summed E-state index contributed by atoms with van der Waals surface area (Å²) < 4.78 is 16.7. The predicted molar refractivity (Wildman–Crippen MR) is 152 cm³/mol. The topological polar surface area (TPSA) is 59.1 Å². The van der Waals surface area contributed by atoms with E-state index in [-0.39, 0.29) is 46.3 Å². The number of hydrogen-bond acceptors (Lipinski definition) is 8. The van der Waals surface area contributed by atoms with Crippen molar-refractivity contribution in [2.45, 2.75) is 142 Å². The minimum Gasteiger partial charge on any atom is -0.459 e. The number of rotatable bonds is 9. The molecule has 2 unspecified atom stereocenters. The van der Waals surface area contributed by atoms with Gasteiger partial charge in [0.25, 0.3) is 0 Å². The summed E-state index contributed by atoms with van der Waals surface area (Å²) in [6, 6.07) is 0. The molecule has 0 saturated carbocycles. The fourth-order valence-electron chi connectivity index (χ4n) is 5.74. The number of nitrogens with zero attached hydrogens (tertiary/aromatic N) is 2. The lowest BCUT2D eigenvalue weighted by atomic mass is 9.76. The third-order valence-electron chi connectivity index (χ3n) is 7.82. The molecule has 2 aliphatic heterocycles. The highest BCUT2D eigenvalue weighted by molar-refractivity contribution is 8.74. The fraction of sp³-hybridized carbons (Fsp3) is 0.786. The zero-order chi connectivity index (χ0) is 27.7. The molecule has 6 nitrogen and oxygen atoms in total. The molecule has 2 aliphatic rings. The van der Waals surface area contributed by atoms with Crippen LogP contribution in [0.2, 0.25) is 0 Å². The molecule has 2 saturated heterocycles. The standard InChI is InChI=1S/C28H48N2O4S2/c1-13-27(11)17-22(34-24(32)20(5)6)18-28(12,14-2)30(27)36-35-29-25(7,8)15-21(16-26(29,9)10)33-23(31)19(3)4/h21-22H,3,5,13-18H2,1-2,4,6-12H3. The molecule has 0 amide bonds. The van der Waals surface area contributed by atoms with Crippen molar-refractivity contribution in [1.82, 2.24) is 8.61 Å². The molecule has 2 fully saturated rings. The predicted octanol–water partition coefficient (Wildman–Crippen LogP) is 7.26. The number of hydrogen-bond donors (Lipinski definition) is 0. The van der Waals surface area contributed by atoms with Gasteiger partial charge in [0, 0.05) is 80.9 Å². The van der Waals surface area contributed by atoms with Crippen molar-refractivity contribution in [2.24, 2.45) is 0 Å². The molecule has 2 atom stereocenters. The zero-order valence-electron chi connectivity index (χ0n) is 24.2. The summed E-state index contributed by atoms with van der Waals surface area (Å²) in [6.45, 7) is 28.8. The van der Waals surface area contributed by atoms with Crippen LogP contribution in [-0.2, 0) is 19.1 Å². The van der Waals surface area contributed by atoms with E-state index in [4.69, 9.17) is 9.47 Å². The highest BCUT2D eigenvalue weighted by Crippen LogP contribution is 2.54. The van der Waals surface area contributed by atoms with E-state index in [1.54, 1.807) is 24.8 Å². The van der Waals surface area contributed by atoms with Crippen LogP contribution >= 0.6 is 22.0 Å². The van der Waals surface area contributed by atoms with Gasteiger partial charge in [0.15, 0.2) is 0 Å². The zero-order valence-corrected chi connectivity index (χ0v) is 25.8. The molecule has 2 rings (SSSR count). The normalized spacial score (nSPS) is 31.0. The summed E-state index contributed by atoms with van der Waals surface area (Å²) in [7, 11) is 3.61. The summed E-state index contributed by atoms with van der Waals surface area (Å²) in [5, 5.41) is 0. The maximum absolute atomic E-state index is 12.3. The molecule has 36 heavy (non-hydrogen) atoms. The summed E-state index contributed by atoms with van der Waals surface area (Å²) in [5.74, 6) is -0.610. The van der Waals surface area contributed by atoms with Crippen molar-refractivity contribution < 1.29 is 19.1 Å². The van der Waals surface area contributed by atoms with Crippen LogP contribution in [-0.4, -0.2) is 54.9 Å². The third-order valence-corrected chi connectivity index (χ3v) is 11.1. The smallest absolute Gasteiger partial charge is 0.333 e. The van der Waals surface area contributed by atoms with Crippen molar-refractivity contribution in [2.75, 3.05) is 0 Å². The molecule has 0 spiro atoms. The highest BCUT2D eigenvalue weighted by Gasteiger charge is 2.53. The molecular formula is C28H48N2O4S2. The van der Waals surface area contributed by atoms with Crippen molar-refractivity contribution in [3.8, 4) is 0 Å². The molecule has 0 aliphatic carbocycles. The Morgan fingerprint density at radius 1 is 0.722 bits per heavy atom. The number of esters is 2. The first-order valence-electron chi connectivity index (χ1n) is 13.1. The van der Waals surface area contributed by atoms with E-state index in [2.05, 4.69) is 77.2 Å². The number of ether oxygens (including phenoxy) is 2. The third kappa shape index (κ3) is 6.91. The monoisotopic (exact) mass is 540 g/mol. The average molecular weight is 541 g/mol. The molecule has 0 aromatic heterocycles. The van der Waals surface area contributed by atoms with Crippen LogP contribution in [0.3, 0.4) is 0 Å². The Kier molecular flexibility index (Phi) is 9.92. The molecule has 0 bridgehead atoms. The lowest BCUT2D eigenvalue weighted by molar-refractivity contribution is -0.152. The van der Waals surface area contributed by atoms with Gasteiger partial charge in [-0.1, -0.05) is 27.0 Å². The first-order valence-corrected chi connectivity index (χ1v) is 15.2. The Morgan fingerprint density at radius 3 is 1.39 bits per heavy atom. The molecule has 2 heterocycles.